The van der Waals surface area contributed by atoms with Crippen LogP contribution in [0.3, 0.4) is 0 Å². The standard InChI is InChI=1S/C22H26N2O4S/c1-15(2)28-19-10-8-17(9-11-19)23-12-22(25)24(18-6-4-16(3)5-7-18)21-14-29(26,27)13-20(21)23/h4-11,15,20-21H,12-14H2,1-3H3. The average molecular weight is 415 g/mol. The molecule has 4 rings (SSSR count). The number of nitrogens with zero attached hydrogens (tertiary/aromatic N) is 2. The maximum Gasteiger partial charge on any atom is 0.246 e. The molecule has 0 aliphatic carbocycles. The smallest absolute Gasteiger partial charge is 0.246 e. The summed E-state index contributed by atoms with van der Waals surface area (Å²) in [4.78, 5) is 16.7. The molecule has 2 unspecified atom stereocenters. The third kappa shape index (κ3) is 3.96. The molecule has 0 aromatic heterocycles. The number of piperazine rings is 1. The average Bonchev–Trinajstić information content (AvgIpc) is 2.97. The Balaban J connectivity index is 1.67. The molecular weight excluding hydrogens is 388 g/mol. The Labute approximate surface area is 172 Å². The molecule has 1 amide bonds. The first kappa shape index (κ1) is 19.8. The highest BCUT2D eigenvalue weighted by Gasteiger charge is 2.49. The van der Waals surface area contributed by atoms with Crippen LogP contribution in [0, 0.1) is 6.92 Å². The van der Waals surface area contributed by atoms with Crippen molar-refractivity contribution in [2.75, 3.05) is 27.9 Å². The number of aryl methyl sites for hydroxylation is 1. The highest BCUT2D eigenvalue weighted by atomic mass is 32.2. The van der Waals surface area contributed by atoms with E-state index in [1.54, 1.807) is 4.90 Å². The number of hydrogen-bond acceptors (Lipinski definition) is 5. The molecular formula is C22H26N2O4S. The highest BCUT2D eigenvalue weighted by molar-refractivity contribution is 7.91. The van der Waals surface area contributed by atoms with Gasteiger partial charge in [0.05, 0.1) is 36.2 Å². The number of rotatable bonds is 4. The van der Waals surface area contributed by atoms with Gasteiger partial charge in [-0.05, 0) is 57.2 Å². The Kier molecular flexibility index (Phi) is 5.02. The zero-order chi connectivity index (χ0) is 20.8. The van der Waals surface area contributed by atoms with Gasteiger partial charge in [-0.15, -0.1) is 0 Å². The number of anilines is 2. The van der Waals surface area contributed by atoms with Gasteiger partial charge in [0.15, 0.2) is 9.84 Å². The number of benzene rings is 2. The van der Waals surface area contributed by atoms with Crippen LogP contribution in [0.4, 0.5) is 11.4 Å². The molecule has 2 aliphatic rings. The summed E-state index contributed by atoms with van der Waals surface area (Å²) in [7, 11) is -3.23. The van der Waals surface area contributed by atoms with Gasteiger partial charge in [0.25, 0.3) is 0 Å². The Morgan fingerprint density at radius 3 is 2.14 bits per heavy atom. The van der Waals surface area contributed by atoms with Gasteiger partial charge in [0, 0.05) is 11.4 Å². The Morgan fingerprint density at radius 1 is 0.931 bits per heavy atom. The molecule has 0 N–H and O–H groups in total. The quantitative estimate of drug-likeness (QED) is 0.770. The first-order chi connectivity index (χ1) is 13.7. The van der Waals surface area contributed by atoms with Gasteiger partial charge in [-0.2, -0.15) is 0 Å². The van der Waals surface area contributed by atoms with E-state index in [1.165, 1.54) is 0 Å². The number of amides is 1. The summed E-state index contributed by atoms with van der Waals surface area (Å²) < 4.78 is 30.7. The van der Waals surface area contributed by atoms with Gasteiger partial charge in [0.2, 0.25) is 5.91 Å². The SMILES string of the molecule is Cc1ccc(N2C(=O)CN(c3ccc(OC(C)C)cc3)C3CS(=O)(=O)CC32)cc1. The molecule has 2 aromatic rings. The van der Waals surface area contributed by atoms with Crippen molar-refractivity contribution in [3.05, 3.63) is 54.1 Å². The fourth-order valence-corrected chi connectivity index (χ4v) is 6.14. The van der Waals surface area contributed by atoms with Crippen molar-refractivity contribution in [3.63, 3.8) is 0 Å². The molecule has 7 heteroatoms. The Bertz CT molecular complexity index is 1000. The summed E-state index contributed by atoms with van der Waals surface area (Å²) >= 11 is 0. The molecule has 29 heavy (non-hydrogen) atoms. The lowest BCUT2D eigenvalue weighted by Crippen LogP contribution is -2.62. The first-order valence-electron chi connectivity index (χ1n) is 9.86. The predicted molar refractivity (Wildman–Crippen MR) is 114 cm³/mol. The van der Waals surface area contributed by atoms with Gasteiger partial charge in [-0.3, -0.25) is 4.79 Å². The van der Waals surface area contributed by atoms with E-state index >= 15 is 0 Å². The molecule has 0 radical (unpaired) electrons. The molecule has 2 aliphatic heterocycles. The van der Waals surface area contributed by atoms with Gasteiger partial charge < -0.3 is 14.5 Å². The lowest BCUT2D eigenvalue weighted by atomic mass is 10.0. The fourth-order valence-electron chi connectivity index (χ4n) is 4.19. The second kappa shape index (κ2) is 7.37. The van der Waals surface area contributed by atoms with Crippen LogP contribution in [0.25, 0.3) is 0 Å². The summed E-state index contributed by atoms with van der Waals surface area (Å²) in [5, 5.41) is 0. The number of ether oxygens (including phenoxy) is 1. The van der Waals surface area contributed by atoms with Crippen molar-refractivity contribution >= 4 is 27.1 Å². The minimum Gasteiger partial charge on any atom is -0.491 e. The number of sulfone groups is 1. The van der Waals surface area contributed by atoms with Gasteiger partial charge >= 0.3 is 0 Å². The summed E-state index contributed by atoms with van der Waals surface area (Å²) in [6, 6.07) is 14.5. The molecule has 2 aromatic carbocycles. The second-order valence-electron chi connectivity index (χ2n) is 8.10. The number of carbonyl (C=O) groups is 1. The Morgan fingerprint density at radius 2 is 1.52 bits per heavy atom. The molecule has 2 atom stereocenters. The van der Waals surface area contributed by atoms with Crippen molar-refractivity contribution in [3.8, 4) is 5.75 Å². The van der Waals surface area contributed by atoms with E-state index in [0.717, 1.165) is 22.7 Å². The minimum absolute atomic E-state index is 0.0116. The number of hydrogen-bond donors (Lipinski definition) is 0. The van der Waals surface area contributed by atoms with Crippen molar-refractivity contribution in [2.24, 2.45) is 0 Å². The number of carbonyl (C=O) groups excluding carboxylic acids is 1. The third-order valence-corrected chi connectivity index (χ3v) is 7.15. The topological polar surface area (TPSA) is 66.9 Å². The van der Waals surface area contributed by atoms with Crippen LogP contribution in [0.2, 0.25) is 0 Å². The highest BCUT2D eigenvalue weighted by Crippen LogP contribution is 2.35. The minimum atomic E-state index is -3.23. The third-order valence-electron chi connectivity index (χ3n) is 5.45. The summed E-state index contributed by atoms with van der Waals surface area (Å²) in [6.07, 6.45) is 0.0739. The van der Waals surface area contributed by atoms with Crippen molar-refractivity contribution in [2.45, 2.75) is 39.0 Å². The van der Waals surface area contributed by atoms with Crippen LogP contribution in [-0.4, -0.2) is 50.6 Å². The molecule has 6 nitrogen and oxygen atoms in total. The molecule has 0 spiro atoms. The molecule has 2 saturated heterocycles. The van der Waals surface area contributed by atoms with Crippen LogP contribution in [0.1, 0.15) is 19.4 Å². The lowest BCUT2D eigenvalue weighted by Gasteiger charge is -2.44. The van der Waals surface area contributed by atoms with Gasteiger partial charge in [-0.25, -0.2) is 8.42 Å². The van der Waals surface area contributed by atoms with Crippen LogP contribution >= 0.6 is 0 Å². The predicted octanol–water partition coefficient (Wildman–Crippen LogP) is 2.80. The monoisotopic (exact) mass is 414 g/mol. The lowest BCUT2D eigenvalue weighted by molar-refractivity contribution is -0.118. The fraction of sp³-hybridized carbons (Fsp3) is 0.409. The zero-order valence-electron chi connectivity index (χ0n) is 16.9. The van der Waals surface area contributed by atoms with Crippen LogP contribution < -0.4 is 14.5 Å². The maximum atomic E-state index is 13.1. The van der Waals surface area contributed by atoms with E-state index in [2.05, 4.69) is 0 Å². The number of fused-ring (bicyclic) bond motifs is 1. The normalized spacial score (nSPS) is 23.4. The van der Waals surface area contributed by atoms with E-state index in [4.69, 9.17) is 4.74 Å². The summed E-state index contributed by atoms with van der Waals surface area (Å²) in [6.45, 7) is 6.06. The van der Waals surface area contributed by atoms with E-state index in [-0.39, 0.29) is 36.1 Å². The van der Waals surface area contributed by atoms with E-state index in [9.17, 15) is 13.2 Å². The van der Waals surface area contributed by atoms with Crippen LogP contribution in [0.15, 0.2) is 48.5 Å². The molecule has 2 heterocycles. The summed E-state index contributed by atoms with van der Waals surface area (Å²) in [5.41, 5.74) is 2.69. The largest absolute Gasteiger partial charge is 0.491 e. The van der Waals surface area contributed by atoms with E-state index < -0.39 is 15.9 Å². The van der Waals surface area contributed by atoms with Crippen molar-refractivity contribution in [1.82, 2.24) is 0 Å². The molecule has 154 valence electrons. The molecule has 0 saturated carbocycles. The Hall–Kier alpha value is -2.54. The molecule has 2 fully saturated rings. The van der Waals surface area contributed by atoms with Crippen molar-refractivity contribution < 1.29 is 17.9 Å². The van der Waals surface area contributed by atoms with E-state index in [1.807, 2.05) is 74.2 Å². The first-order valence-corrected chi connectivity index (χ1v) is 11.7. The van der Waals surface area contributed by atoms with E-state index in [0.29, 0.717) is 0 Å². The van der Waals surface area contributed by atoms with Crippen LogP contribution in [0.5, 0.6) is 5.75 Å². The van der Waals surface area contributed by atoms with Gasteiger partial charge in [-0.1, -0.05) is 17.7 Å². The van der Waals surface area contributed by atoms with Crippen LogP contribution in [-0.2, 0) is 14.6 Å². The maximum absolute atomic E-state index is 13.1. The molecule has 0 bridgehead atoms. The summed E-state index contributed by atoms with van der Waals surface area (Å²) in [5.74, 6) is 0.707. The second-order valence-corrected chi connectivity index (χ2v) is 10.3. The van der Waals surface area contributed by atoms with Gasteiger partial charge in [0.1, 0.15) is 5.75 Å². The van der Waals surface area contributed by atoms with Crippen molar-refractivity contribution in [1.29, 1.82) is 0 Å². The zero-order valence-corrected chi connectivity index (χ0v) is 17.7.